The zero-order valence-corrected chi connectivity index (χ0v) is 17.6. The van der Waals surface area contributed by atoms with Crippen LogP contribution in [0.25, 0.3) is 0 Å². The van der Waals surface area contributed by atoms with E-state index in [1.165, 1.54) is 35.5 Å². The number of benzene rings is 2. The Kier molecular flexibility index (Phi) is 6.48. The van der Waals surface area contributed by atoms with Gasteiger partial charge in [0.05, 0.1) is 19.3 Å². The van der Waals surface area contributed by atoms with Crippen molar-refractivity contribution in [3.05, 3.63) is 59.4 Å². The Morgan fingerprint density at radius 1 is 1.10 bits per heavy atom. The SMILES string of the molecule is CN1CCc2cc([C@H](CNC(=O)C(=O)Nc3cccc(F)c3)N3CCOCC3)ccc21. The number of fused-ring (bicyclic) bond motifs is 1. The van der Waals surface area contributed by atoms with Gasteiger partial charge >= 0.3 is 11.8 Å². The first kappa shape index (κ1) is 21.3. The third-order valence-electron chi connectivity index (χ3n) is 5.85. The molecule has 2 aliphatic rings. The summed E-state index contributed by atoms with van der Waals surface area (Å²) in [5.74, 6) is -2.04. The van der Waals surface area contributed by atoms with Crippen molar-refractivity contribution >= 4 is 23.2 Å². The van der Waals surface area contributed by atoms with Gasteiger partial charge in [0.15, 0.2) is 0 Å². The van der Waals surface area contributed by atoms with Crippen molar-refractivity contribution in [1.29, 1.82) is 0 Å². The molecule has 1 fully saturated rings. The summed E-state index contributed by atoms with van der Waals surface area (Å²) in [7, 11) is 2.09. The summed E-state index contributed by atoms with van der Waals surface area (Å²) in [5.41, 5.74) is 3.89. The van der Waals surface area contributed by atoms with Gasteiger partial charge in [0.1, 0.15) is 5.82 Å². The fraction of sp³-hybridized carbons (Fsp3) is 0.391. The van der Waals surface area contributed by atoms with Gasteiger partial charge in [0.2, 0.25) is 0 Å². The maximum atomic E-state index is 13.3. The van der Waals surface area contributed by atoms with E-state index in [1.807, 2.05) is 0 Å². The van der Waals surface area contributed by atoms with E-state index in [0.29, 0.717) is 19.8 Å². The van der Waals surface area contributed by atoms with Crippen molar-refractivity contribution in [1.82, 2.24) is 10.2 Å². The Bertz CT molecular complexity index is 962. The number of anilines is 2. The van der Waals surface area contributed by atoms with Crippen LogP contribution >= 0.6 is 0 Å². The highest BCUT2D eigenvalue weighted by atomic mass is 19.1. The molecule has 1 saturated heterocycles. The summed E-state index contributed by atoms with van der Waals surface area (Å²) >= 11 is 0. The average molecular weight is 426 g/mol. The first-order valence-corrected chi connectivity index (χ1v) is 10.5. The summed E-state index contributed by atoms with van der Waals surface area (Å²) in [6.07, 6.45) is 0.998. The molecule has 164 valence electrons. The molecule has 0 unspecified atom stereocenters. The fourth-order valence-electron chi connectivity index (χ4n) is 4.16. The second-order valence-corrected chi connectivity index (χ2v) is 7.90. The topological polar surface area (TPSA) is 73.9 Å². The van der Waals surface area contributed by atoms with E-state index in [4.69, 9.17) is 4.74 Å². The van der Waals surface area contributed by atoms with E-state index in [9.17, 15) is 14.0 Å². The highest BCUT2D eigenvalue weighted by Crippen LogP contribution is 2.31. The summed E-state index contributed by atoms with van der Waals surface area (Å²) in [5, 5.41) is 5.19. The fourth-order valence-corrected chi connectivity index (χ4v) is 4.16. The molecule has 2 aliphatic heterocycles. The first-order chi connectivity index (χ1) is 15.0. The van der Waals surface area contributed by atoms with Crippen molar-refractivity contribution in [3.8, 4) is 0 Å². The lowest BCUT2D eigenvalue weighted by Gasteiger charge is -2.35. The van der Waals surface area contributed by atoms with E-state index in [-0.39, 0.29) is 11.7 Å². The number of nitrogens with one attached hydrogen (secondary N) is 2. The highest BCUT2D eigenvalue weighted by Gasteiger charge is 2.26. The predicted octanol–water partition coefficient (Wildman–Crippen LogP) is 1.95. The lowest BCUT2D eigenvalue weighted by molar-refractivity contribution is -0.136. The van der Waals surface area contributed by atoms with Crippen molar-refractivity contribution in [2.75, 3.05) is 56.7 Å². The number of rotatable bonds is 5. The Morgan fingerprint density at radius 3 is 2.68 bits per heavy atom. The van der Waals surface area contributed by atoms with Gasteiger partial charge < -0.3 is 20.3 Å². The van der Waals surface area contributed by atoms with Crippen molar-refractivity contribution < 1.29 is 18.7 Å². The van der Waals surface area contributed by atoms with Crippen LogP contribution in [0.1, 0.15) is 17.2 Å². The molecule has 0 aliphatic carbocycles. The van der Waals surface area contributed by atoms with Gasteiger partial charge in [-0.3, -0.25) is 14.5 Å². The van der Waals surface area contributed by atoms with Crippen molar-refractivity contribution in [3.63, 3.8) is 0 Å². The zero-order chi connectivity index (χ0) is 21.8. The van der Waals surface area contributed by atoms with Crippen LogP contribution in [-0.4, -0.2) is 63.2 Å². The molecule has 31 heavy (non-hydrogen) atoms. The van der Waals surface area contributed by atoms with Gasteiger partial charge in [-0.05, 0) is 41.8 Å². The summed E-state index contributed by atoms with van der Waals surface area (Å²) in [6.45, 7) is 4.08. The molecule has 0 spiro atoms. The standard InChI is InChI=1S/C23H27FN4O3/c1-27-8-7-17-13-16(5-6-20(17)27)21(28-9-11-31-12-10-28)15-25-22(29)23(30)26-19-4-2-3-18(24)14-19/h2-6,13-14,21H,7-12,15H2,1H3,(H,25,29)(H,26,30)/t21-/m0/s1. The number of amides is 2. The summed E-state index contributed by atoms with van der Waals surface area (Å²) in [4.78, 5) is 29.2. The molecule has 7 nitrogen and oxygen atoms in total. The van der Waals surface area contributed by atoms with E-state index >= 15 is 0 Å². The van der Waals surface area contributed by atoms with Gasteiger partial charge in [0.25, 0.3) is 0 Å². The van der Waals surface area contributed by atoms with Crippen LogP contribution in [-0.2, 0) is 20.7 Å². The molecule has 0 saturated carbocycles. The van der Waals surface area contributed by atoms with E-state index < -0.39 is 17.6 Å². The van der Waals surface area contributed by atoms with Gasteiger partial charge in [-0.2, -0.15) is 0 Å². The molecule has 2 heterocycles. The Morgan fingerprint density at radius 2 is 1.90 bits per heavy atom. The highest BCUT2D eigenvalue weighted by molar-refractivity contribution is 6.39. The normalized spacial score (nSPS) is 17.2. The monoisotopic (exact) mass is 426 g/mol. The third kappa shape index (κ3) is 5.03. The van der Waals surface area contributed by atoms with Gasteiger partial charge in [-0.15, -0.1) is 0 Å². The quantitative estimate of drug-likeness (QED) is 0.715. The molecule has 0 radical (unpaired) electrons. The Labute approximate surface area is 181 Å². The average Bonchev–Trinajstić information content (AvgIpc) is 3.14. The number of carbonyl (C=O) groups excluding carboxylic acids is 2. The maximum Gasteiger partial charge on any atom is 0.313 e. The molecule has 2 amide bonds. The van der Waals surface area contributed by atoms with Gasteiger partial charge in [0, 0.05) is 44.6 Å². The van der Waals surface area contributed by atoms with Crippen LogP contribution in [0.2, 0.25) is 0 Å². The molecule has 2 N–H and O–H groups in total. The van der Waals surface area contributed by atoms with Gasteiger partial charge in [-0.25, -0.2) is 4.39 Å². The molecular weight excluding hydrogens is 399 g/mol. The number of hydrogen-bond acceptors (Lipinski definition) is 5. The van der Waals surface area contributed by atoms with E-state index in [0.717, 1.165) is 31.6 Å². The molecule has 2 aromatic carbocycles. The number of halogens is 1. The third-order valence-corrected chi connectivity index (χ3v) is 5.85. The Balaban J connectivity index is 1.45. The second kappa shape index (κ2) is 9.45. The number of hydrogen-bond donors (Lipinski definition) is 2. The van der Waals surface area contributed by atoms with Crippen LogP contribution in [0, 0.1) is 5.82 Å². The largest absolute Gasteiger partial charge is 0.379 e. The summed E-state index contributed by atoms with van der Waals surface area (Å²) in [6, 6.07) is 11.8. The number of carbonyl (C=O) groups is 2. The molecule has 4 rings (SSSR count). The van der Waals surface area contributed by atoms with Crippen molar-refractivity contribution in [2.45, 2.75) is 12.5 Å². The molecular formula is C23H27FN4O3. The minimum absolute atomic E-state index is 0.0639. The molecule has 2 aromatic rings. The van der Waals surface area contributed by atoms with Gasteiger partial charge in [-0.1, -0.05) is 18.2 Å². The smallest absolute Gasteiger partial charge is 0.313 e. The number of ether oxygens (including phenoxy) is 1. The van der Waals surface area contributed by atoms with E-state index in [2.05, 4.69) is 45.7 Å². The molecule has 0 bridgehead atoms. The maximum absolute atomic E-state index is 13.3. The van der Waals surface area contributed by atoms with Crippen LogP contribution in [0.3, 0.4) is 0 Å². The van der Waals surface area contributed by atoms with Crippen LogP contribution in [0.15, 0.2) is 42.5 Å². The van der Waals surface area contributed by atoms with E-state index in [1.54, 1.807) is 0 Å². The number of morpholine rings is 1. The van der Waals surface area contributed by atoms with Crippen LogP contribution in [0.5, 0.6) is 0 Å². The lowest BCUT2D eigenvalue weighted by atomic mass is 10.0. The zero-order valence-electron chi connectivity index (χ0n) is 17.6. The minimum Gasteiger partial charge on any atom is -0.379 e. The summed E-state index contributed by atoms with van der Waals surface area (Å²) < 4.78 is 18.8. The number of nitrogens with zero attached hydrogens (tertiary/aromatic N) is 2. The number of likely N-dealkylation sites (N-methyl/N-ethyl adjacent to an activating group) is 1. The molecule has 0 aromatic heterocycles. The molecule has 8 heteroatoms. The first-order valence-electron chi connectivity index (χ1n) is 10.5. The lowest BCUT2D eigenvalue weighted by Crippen LogP contribution is -2.45. The molecule has 1 atom stereocenters. The van der Waals surface area contributed by atoms with Crippen LogP contribution < -0.4 is 15.5 Å². The Hall–Kier alpha value is -2.97. The second-order valence-electron chi connectivity index (χ2n) is 7.90. The minimum atomic E-state index is -0.818. The van der Waals surface area contributed by atoms with Crippen LogP contribution in [0.4, 0.5) is 15.8 Å². The van der Waals surface area contributed by atoms with Crippen molar-refractivity contribution in [2.24, 2.45) is 0 Å². The predicted molar refractivity (Wildman–Crippen MR) is 117 cm³/mol.